The number of thioether (sulfide) groups is 1. The van der Waals surface area contributed by atoms with Crippen molar-refractivity contribution in [3.05, 3.63) is 40.4 Å². The first-order chi connectivity index (χ1) is 8.20. The van der Waals surface area contributed by atoms with Gasteiger partial charge in [-0.2, -0.15) is 5.10 Å². The van der Waals surface area contributed by atoms with Crippen LogP contribution in [0.2, 0.25) is 0 Å². The molecule has 2 aromatic rings. The van der Waals surface area contributed by atoms with Crippen LogP contribution in [-0.4, -0.2) is 14.8 Å². The summed E-state index contributed by atoms with van der Waals surface area (Å²) in [5, 5.41) is 7.08. The number of benzene rings is 1. The number of nitrogens with zero attached hydrogens (tertiary/aromatic N) is 2. The molecule has 0 radical (unpaired) electrons. The van der Waals surface area contributed by atoms with Gasteiger partial charge in [-0.05, 0) is 38.2 Å². The van der Waals surface area contributed by atoms with Gasteiger partial charge in [-0.25, -0.2) is 0 Å². The zero-order valence-corrected chi connectivity index (χ0v) is 11.6. The molecule has 1 N–H and O–H groups in total. The van der Waals surface area contributed by atoms with E-state index in [2.05, 4.69) is 48.3 Å². The molecule has 5 heteroatoms. The standard InChI is InChI=1S/C12H15N3S2/c1-3-15-11(13-14-12(15)16)8-17-10-6-4-9(2)5-7-10/h4-7H,3,8H2,1-2H3,(H,14,16). The first kappa shape index (κ1) is 12.4. The van der Waals surface area contributed by atoms with Crippen molar-refractivity contribution in [2.75, 3.05) is 0 Å². The Morgan fingerprint density at radius 3 is 2.71 bits per heavy atom. The lowest BCUT2D eigenvalue weighted by molar-refractivity contribution is 0.716. The number of aromatic amines is 1. The van der Waals surface area contributed by atoms with Crippen molar-refractivity contribution in [2.45, 2.75) is 31.0 Å². The van der Waals surface area contributed by atoms with Gasteiger partial charge in [0.05, 0.1) is 5.75 Å². The van der Waals surface area contributed by atoms with Crippen molar-refractivity contribution >= 4 is 24.0 Å². The van der Waals surface area contributed by atoms with E-state index < -0.39 is 0 Å². The van der Waals surface area contributed by atoms with Crippen molar-refractivity contribution in [1.29, 1.82) is 0 Å². The highest BCUT2D eigenvalue weighted by Crippen LogP contribution is 2.22. The summed E-state index contributed by atoms with van der Waals surface area (Å²) in [6, 6.07) is 8.52. The lowest BCUT2D eigenvalue weighted by Gasteiger charge is -2.03. The molecule has 90 valence electrons. The first-order valence-corrected chi connectivity index (χ1v) is 6.93. The van der Waals surface area contributed by atoms with Crippen molar-refractivity contribution in [3.63, 3.8) is 0 Å². The average molecular weight is 265 g/mol. The molecule has 0 atom stereocenters. The van der Waals surface area contributed by atoms with Crippen molar-refractivity contribution in [3.8, 4) is 0 Å². The Morgan fingerprint density at radius 1 is 1.35 bits per heavy atom. The molecule has 0 unspecified atom stereocenters. The molecular formula is C12H15N3S2. The van der Waals surface area contributed by atoms with Gasteiger partial charge in [-0.3, -0.25) is 5.10 Å². The largest absolute Gasteiger partial charge is 0.304 e. The smallest absolute Gasteiger partial charge is 0.195 e. The summed E-state index contributed by atoms with van der Waals surface area (Å²) >= 11 is 6.93. The van der Waals surface area contributed by atoms with E-state index >= 15 is 0 Å². The summed E-state index contributed by atoms with van der Waals surface area (Å²) in [6.07, 6.45) is 0. The van der Waals surface area contributed by atoms with Gasteiger partial charge in [0.1, 0.15) is 5.82 Å². The second kappa shape index (κ2) is 5.51. The predicted molar refractivity (Wildman–Crippen MR) is 73.8 cm³/mol. The number of H-pyrrole nitrogens is 1. The molecule has 0 aliphatic heterocycles. The normalized spacial score (nSPS) is 10.7. The first-order valence-electron chi connectivity index (χ1n) is 5.54. The quantitative estimate of drug-likeness (QED) is 0.678. The maximum Gasteiger partial charge on any atom is 0.195 e. The lowest BCUT2D eigenvalue weighted by atomic mass is 10.2. The van der Waals surface area contributed by atoms with Gasteiger partial charge in [-0.15, -0.1) is 11.8 Å². The molecule has 0 fully saturated rings. The maximum atomic E-state index is 5.16. The molecule has 0 amide bonds. The lowest BCUT2D eigenvalue weighted by Crippen LogP contribution is -2.00. The Balaban J connectivity index is 2.07. The number of aryl methyl sites for hydroxylation is 1. The van der Waals surface area contributed by atoms with E-state index in [0.717, 1.165) is 18.1 Å². The predicted octanol–water partition coefficient (Wildman–Crippen LogP) is 3.56. The Kier molecular flexibility index (Phi) is 4.02. The Hall–Kier alpha value is -1.07. The summed E-state index contributed by atoms with van der Waals surface area (Å²) in [4.78, 5) is 1.26. The molecule has 0 saturated carbocycles. The molecule has 0 bridgehead atoms. The Morgan fingerprint density at radius 2 is 2.06 bits per heavy atom. The Labute approximate surface area is 110 Å². The van der Waals surface area contributed by atoms with Gasteiger partial charge in [0.25, 0.3) is 0 Å². The topological polar surface area (TPSA) is 33.6 Å². The molecule has 1 aromatic heterocycles. The van der Waals surface area contributed by atoms with Gasteiger partial charge in [0, 0.05) is 11.4 Å². The van der Waals surface area contributed by atoms with Crippen molar-refractivity contribution in [2.24, 2.45) is 0 Å². The van der Waals surface area contributed by atoms with Gasteiger partial charge < -0.3 is 4.57 Å². The zero-order chi connectivity index (χ0) is 12.3. The fraction of sp³-hybridized carbons (Fsp3) is 0.333. The van der Waals surface area contributed by atoms with E-state index in [1.165, 1.54) is 10.5 Å². The third-order valence-corrected chi connectivity index (χ3v) is 3.86. The average Bonchev–Trinajstić information content (AvgIpc) is 2.69. The molecule has 2 rings (SSSR count). The molecule has 3 nitrogen and oxygen atoms in total. The van der Waals surface area contributed by atoms with Crippen LogP contribution in [0.5, 0.6) is 0 Å². The molecule has 0 spiro atoms. The van der Waals surface area contributed by atoms with E-state index in [0.29, 0.717) is 4.77 Å². The number of hydrogen-bond acceptors (Lipinski definition) is 3. The van der Waals surface area contributed by atoms with Crippen LogP contribution in [0.1, 0.15) is 18.3 Å². The van der Waals surface area contributed by atoms with Crippen LogP contribution in [0.3, 0.4) is 0 Å². The molecular weight excluding hydrogens is 250 g/mol. The summed E-state index contributed by atoms with van der Waals surface area (Å²) in [5.41, 5.74) is 1.28. The maximum absolute atomic E-state index is 5.16. The van der Waals surface area contributed by atoms with Crippen LogP contribution >= 0.6 is 24.0 Å². The zero-order valence-electron chi connectivity index (χ0n) is 9.93. The second-order valence-corrected chi connectivity index (χ2v) is 5.23. The fourth-order valence-electron chi connectivity index (χ4n) is 1.57. The van der Waals surface area contributed by atoms with E-state index in [1.807, 2.05) is 4.57 Å². The monoisotopic (exact) mass is 265 g/mol. The fourth-order valence-corrected chi connectivity index (χ4v) is 2.69. The molecule has 0 aliphatic rings. The Bertz CT molecular complexity index is 540. The van der Waals surface area contributed by atoms with Crippen LogP contribution in [0.25, 0.3) is 0 Å². The third-order valence-electron chi connectivity index (χ3n) is 2.54. The number of aromatic nitrogens is 3. The van der Waals surface area contributed by atoms with E-state index in [4.69, 9.17) is 12.2 Å². The summed E-state index contributed by atoms with van der Waals surface area (Å²) < 4.78 is 2.73. The molecule has 1 heterocycles. The third kappa shape index (κ3) is 2.98. The SMILES string of the molecule is CCn1c(CSc2ccc(C)cc2)n[nH]c1=S. The van der Waals surface area contributed by atoms with Gasteiger partial charge in [0.15, 0.2) is 4.77 Å². The van der Waals surface area contributed by atoms with E-state index in [9.17, 15) is 0 Å². The van der Waals surface area contributed by atoms with E-state index in [1.54, 1.807) is 11.8 Å². The summed E-state index contributed by atoms with van der Waals surface area (Å²) in [5.74, 6) is 1.84. The van der Waals surface area contributed by atoms with Gasteiger partial charge in [0.2, 0.25) is 0 Å². The van der Waals surface area contributed by atoms with Crippen molar-refractivity contribution < 1.29 is 0 Å². The number of rotatable bonds is 4. The number of nitrogens with one attached hydrogen (secondary N) is 1. The highest BCUT2D eigenvalue weighted by molar-refractivity contribution is 7.98. The molecule has 1 aromatic carbocycles. The highest BCUT2D eigenvalue weighted by Gasteiger charge is 2.04. The van der Waals surface area contributed by atoms with Crippen LogP contribution in [0.15, 0.2) is 29.2 Å². The highest BCUT2D eigenvalue weighted by atomic mass is 32.2. The summed E-state index contributed by atoms with van der Waals surface area (Å²) in [7, 11) is 0. The van der Waals surface area contributed by atoms with Crippen LogP contribution in [0, 0.1) is 11.7 Å². The van der Waals surface area contributed by atoms with Gasteiger partial charge >= 0.3 is 0 Å². The summed E-state index contributed by atoms with van der Waals surface area (Å²) in [6.45, 7) is 5.03. The number of hydrogen-bond donors (Lipinski definition) is 1. The molecule has 0 aliphatic carbocycles. The minimum atomic E-state index is 0.701. The van der Waals surface area contributed by atoms with E-state index in [-0.39, 0.29) is 0 Å². The van der Waals surface area contributed by atoms with Crippen LogP contribution < -0.4 is 0 Å². The van der Waals surface area contributed by atoms with Gasteiger partial charge in [-0.1, -0.05) is 17.7 Å². The molecule has 0 saturated heterocycles. The van der Waals surface area contributed by atoms with Crippen LogP contribution in [-0.2, 0) is 12.3 Å². The molecule has 17 heavy (non-hydrogen) atoms. The van der Waals surface area contributed by atoms with Crippen LogP contribution in [0.4, 0.5) is 0 Å². The minimum absolute atomic E-state index is 0.701. The second-order valence-electron chi connectivity index (χ2n) is 3.79. The minimum Gasteiger partial charge on any atom is -0.304 e. The van der Waals surface area contributed by atoms with Crippen molar-refractivity contribution in [1.82, 2.24) is 14.8 Å².